The third kappa shape index (κ3) is 4.22. The SMILES string of the molecule is CCC[C@H](C)NC(=O)c1csc(-c2ccc(OC)c(OC)c2)n1. The molecule has 0 saturated carbocycles. The zero-order valence-corrected chi connectivity index (χ0v) is 14.7. The number of hydrogen-bond donors (Lipinski definition) is 1. The molecule has 0 aliphatic carbocycles. The summed E-state index contributed by atoms with van der Waals surface area (Å²) >= 11 is 1.44. The highest BCUT2D eigenvalue weighted by molar-refractivity contribution is 7.13. The van der Waals surface area contributed by atoms with Gasteiger partial charge in [0.1, 0.15) is 10.7 Å². The Bertz CT molecular complexity index is 670. The number of amides is 1. The van der Waals surface area contributed by atoms with Crippen molar-refractivity contribution >= 4 is 17.2 Å². The number of carbonyl (C=O) groups excluding carboxylic acids is 1. The average molecular weight is 334 g/mol. The number of hydrogen-bond acceptors (Lipinski definition) is 5. The molecule has 1 aromatic heterocycles. The Hall–Kier alpha value is -2.08. The van der Waals surface area contributed by atoms with Crippen LogP contribution in [0.25, 0.3) is 10.6 Å². The van der Waals surface area contributed by atoms with Crippen molar-refractivity contribution in [2.75, 3.05) is 14.2 Å². The quantitative estimate of drug-likeness (QED) is 0.838. The highest BCUT2D eigenvalue weighted by Gasteiger charge is 2.15. The van der Waals surface area contributed by atoms with Crippen LogP contribution in [-0.4, -0.2) is 31.2 Å². The summed E-state index contributed by atoms with van der Waals surface area (Å²) in [5, 5.41) is 5.52. The number of thiazole rings is 1. The average Bonchev–Trinajstić information content (AvgIpc) is 3.04. The first-order valence-electron chi connectivity index (χ1n) is 7.57. The van der Waals surface area contributed by atoms with Crippen LogP contribution < -0.4 is 14.8 Å². The van der Waals surface area contributed by atoms with Crippen LogP contribution >= 0.6 is 11.3 Å². The molecule has 2 rings (SSSR count). The van der Waals surface area contributed by atoms with Crippen LogP contribution in [0.4, 0.5) is 0 Å². The molecule has 0 spiro atoms. The van der Waals surface area contributed by atoms with Crippen LogP contribution in [0.1, 0.15) is 37.2 Å². The van der Waals surface area contributed by atoms with Crippen molar-refractivity contribution in [1.82, 2.24) is 10.3 Å². The third-order valence-electron chi connectivity index (χ3n) is 3.47. The highest BCUT2D eigenvalue weighted by Crippen LogP contribution is 2.33. The van der Waals surface area contributed by atoms with Crippen molar-refractivity contribution < 1.29 is 14.3 Å². The van der Waals surface area contributed by atoms with Gasteiger partial charge in [-0.1, -0.05) is 13.3 Å². The monoisotopic (exact) mass is 334 g/mol. The topological polar surface area (TPSA) is 60.5 Å². The molecule has 1 aromatic carbocycles. The summed E-state index contributed by atoms with van der Waals surface area (Å²) in [4.78, 5) is 16.6. The number of rotatable bonds is 7. The van der Waals surface area contributed by atoms with Gasteiger partial charge in [-0.3, -0.25) is 4.79 Å². The Morgan fingerprint density at radius 1 is 1.30 bits per heavy atom. The van der Waals surface area contributed by atoms with E-state index in [9.17, 15) is 4.79 Å². The Kier molecular flexibility index (Phi) is 5.98. The lowest BCUT2D eigenvalue weighted by Gasteiger charge is -2.11. The van der Waals surface area contributed by atoms with Crippen LogP contribution in [0.3, 0.4) is 0 Å². The number of aromatic nitrogens is 1. The van der Waals surface area contributed by atoms with Crippen LogP contribution in [-0.2, 0) is 0 Å². The van der Waals surface area contributed by atoms with Gasteiger partial charge in [-0.25, -0.2) is 4.98 Å². The van der Waals surface area contributed by atoms with Crippen LogP contribution in [0.2, 0.25) is 0 Å². The maximum atomic E-state index is 12.2. The summed E-state index contributed by atoms with van der Waals surface area (Å²) in [5.41, 5.74) is 1.34. The lowest BCUT2D eigenvalue weighted by Crippen LogP contribution is -2.32. The van der Waals surface area contributed by atoms with E-state index in [0.29, 0.717) is 17.2 Å². The first-order valence-corrected chi connectivity index (χ1v) is 8.45. The van der Waals surface area contributed by atoms with E-state index in [1.165, 1.54) is 11.3 Å². The molecule has 6 heteroatoms. The first-order chi connectivity index (χ1) is 11.1. The number of carbonyl (C=O) groups is 1. The van der Waals surface area contributed by atoms with Crippen molar-refractivity contribution in [3.05, 3.63) is 29.3 Å². The second-order valence-corrected chi connectivity index (χ2v) is 6.13. The molecule has 1 atom stereocenters. The van der Waals surface area contributed by atoms with Crippen molar-refractivity contribution in [2.45, 2.75) is 32.7 Å². The fraction of sp³-hybridized carbons (Fsp3) is 0.412. The summed E-state index contributed by atoms with van der Waals surface area (Å²) in [6.07, 6.45) is 1.99. The Morgan fingerprint density at radius 2 is 2.04 bits per heavy atom. The summed E-state index contributed by atoms with van der Waals surface area (Å²) < 4.78 is 10.5. The third-order valence-corrected chi connectivity index (χ3v) is 4.36. The van der Waals surface area contributed by atoms with Crippen molar-refractivity contribution in [3.63, 3.8) is 0 Å². The maximum Gasteiger partial charge on any atom is 0.270 e. The number of benzene rings is 1. The molecule has 0 unspecified atom stereocenters. The first kappa shape index (κ1) is 17.3. The van der Waals surface area contributed by atoms with Crippen molar-refractivity contribution in [2.24, 2.45) is 0 Å². The molecule has 23 heavy (non-hydrogen) atoms. The minimum atomic E-state index is -0.131. The molecule has 0 radical (unpaired) electrons. The molecule has 0 bridgehead atoms. The number of ether oxygens (including phenoxy) is 2. The van der Waals surface area contributed by atoms with Gasteiger partial charge in [0.25, 0.3) is 5.91 Å². The van der Waals surface area contributed by atoms with Gasteiger partial charge in [-0.05, 0) is 31.5 Å². The van der Waals surface area contributed by atoms with E-state index < -0.39 is 0 Å². The fourth-order valence-corrected chi connectivity index (χ4v) is 3.08. The van der Waals surface area contributed by atoms with Gasteiger partial charge in [-0.2, -0.15) is 0 Å². The van der Waals surface area contributed by atoms with Gasteiger partial charge in [0.05, 0.1) is 14.2 Å². The molecule has 2 aromatic rings. The van der Waals surface area contributed by atoms with Crippen LogP contribution in [0, 0.1) is 0 Å². The summed E-state index contributed by atoms with van der Waals surface area (Å²) in [5.74, 6) is 1.18. The standard InChI is InChI=1S/C17H22N2O3S/c1-5-6-11(2)18-16(20)13-10-23-17(19-13)12-7-8-14(21-3)15(9-12)22-4/h7-11H,5-6H2,1-4H3,(H,18,20)/t11-/m0/s1. The summed E-state index contributed by atoms with van der Waals surface area (Å²) in [7, 11) is 3.19. The Labute approximate surface area is 140 Å². The van der Waals surface area contributed by atoms with Gasteiger partial charge in [-0.15, -0.1) is 11.3 Å². The van der Waals surface area contributed by atoms with Gasteiger partial charge in [0.2, 0.25) is 0 Å². The predicted molar refractivity (Wildman–Crippen MR) is 92.5 cm³/mol. The minimum absolute atomic E-state index is 0.131. The predicted octanol–water partition coefficient (Wildman–Crippen LogP) is 3.75. The highest BCUT2D eigenvalue weighted by atomic mass is 32.1. The number of nitrogens with one attached hydrogen (secondary N) is 1. The molecule has 1 N–H and O–H groups in total. The minimum Gasteiger partial charge on any atom is -0.493 e. The van der Waals surface area contributed by atoms with E-state index in [1.54, 1.807) is 19.6 Å². The van der Waals surface area contributed by atoms with Gasteiger partial charge in [0, 0.05) is 17.0 Å². The lowest BCUT2D eigenvalue weighted by molar-refractivity contribution is 0.0934. The second kappa shape index (κ2) is 7.97. The Morgan fingerprint density at radius 3 is 2.70 bits per heavy atom. The Balaban J connectivity index is 2.17. The number of nitrogens with zero attached hydrogens (tertiary/aromatic N) is 1. The van der Waals surface area contributed by atoms with Gasteiger partial charge in [0.15, 0.2) is 11.5 Å². The van der Waals surface area contributed by atoms with E-state index in [4.69, 9.17) is 9.47 Å². The molecular formula is C17H22N2O3S. The van der Waals surface area contributed by atoms with Crippen molar-refractivity contribution in [1.29, 1.82) is 0 Å². The maximum absolute atomic E-state index is 12.2. The molecule has 0 fully saturated rings. The van der Waals surface area contributed by atoms with Gasteiger partial charge < -0.3 is 14.8 Å². The molecule has 1 amide bonds. The zero-order chi connectivity index (χ0) is 16.8. The molecule has 0 saturated heterocycles. The van der Waals surface area contributed by atoms with Crippen molar-refractivity contribution in [3.8, 4) is 22.1 Å². The van der Waals surface area contributed by atoms with E-state index in [1.807, 2.05) is 25.1 Å². The smallest absolute Gasteiger partial charge is 0.270 e. The second-order valence-electron chi connectivity index (χ2n) is 5.27. The van der Waals surface area contributed by atoms with Crippen LogP contribution in [0.5, 0.6) is 11.5 Å². The molecule has 5 nitrogen and oxygen atoms in total. The number of methoxy groups -OCH3 is 2. The fourth-order valence-electron chi connectivity index (χ4n) is 2.28. The molecular weight excluding hydrogens is 312 g/mol. The van der Waals surface area contributed by atoms with E-state index in [0.717, 1.165) is 23.4 Å². The van der Waals surface area contributed by atoms with E-state index in [-0.39, 0.29) is 11.9 Å². The largest absolute Gasteiger partial charge is 0.493 e. The molecule has 0 aliphatic heterocycles. The molecule has 0 aliphatic rings. The molecule has 124 valence electrons. The summed E-state index contributed by atoms with van der Waals surface area (Å²) in [6, 6.07) is 5.75. The summed E-state index contributed by atoms with van der Waals surface area (Å²) in [6.45, 7) is 4.10. The normalized spacial score (nSPS) is 11.8. The zero-order valence-electron chi connectivity index (χ0n) is 13.9. The van der Waals surface area contributed by atoms with Crippen LogP contribution in [0.15, 0.2) is 23.6 Å². The van der Waals surface area contributed by atoms with E-state index in [2.05, 4.69) is 17.2 Å². The lowest BCUT2D eigenvalue weighted by atomic mass is 10.2. The van der Waals surface area contributed by atoms with Gasteiger partial charge >= 0.3 is 0 Å². The molecule has 1 heterocycles. The van der Waals surface area contributed by atoms with E-state index >= 15 is 0 Å².